The molecule has 0 aliphatic rings. The van der Waals surface area contributed by atoms with Gasteiger partial charge in [-0.3, -0.25) is 4.79 Å². The van der Waals surface area contributed by atoms with Crippen LogP contribution in [0.1, 0.15) is 23.7 Å². The Morgan fingerprint density at radius 1 is 0.967 bits per heavy atom. The number of aryl methyl sites for hydroxylation is 1. The van der Waals surface area contributed by atoms with Gasteiger partial charge in [0.25, 0.3) is 0 Å². The van der Waals surface area contributed by atoms with Crippen molar-refractivity contribution >= 4 is 22.4 Å². The van der Waals surface area contributed by atoms with Gasteiger partial charge in [0.1, 0.15) is 18.1 Å². The summed E-state index contributed by atoms with van der Waals surface area (Å²) < 4.78 is 13.5. The van der Waals surface area contributed by atoms with E-state index in [-0.39, 0.29) is 5.97 Å². The van der Waals surface area contributed by atoms with Crippen LogP contribution in [0.2, 0.25) is 0 Å². The fourth-order valence-corrected chi connectivity index (χ4v) is 3.54. The average Bonchev–Trinajstić information content (AvgIpc) is 3.09. The Morgan fingerprint density at radius 3 is 2.43 bits per heavy atom. The maximum absolute atomic E-state index is 11.6. The van der Waals surface area contributed by atoms with Crippen LogP contribution in [0.4, 0.5) is 0 Å². The van der Waals surface area contributed by atoms with Crippen molar-refractivity contribution in [3.8, 4) is 11.5 Å². The first kappa shape index (κ1) is 19.5. The van der Waals surface area contributed by atoms with E-state index in [1.54, 1.807) is 12.1 Å². The van der Waals surface area contributed by atoms with Crippen LogP contribution >= 0.6 is 0 Å². The smallest absolute Gasteiger partial charge is 0.308 e. The number of benzene rings is 3. The van der Waals surface area contributed by atoms with E-state index in [1.807, 2.05) is 55.6 Å². The van der Waals surface area contributed by atoms with Gasteiger partial charge in [-0.15, -0.1) is 0 Å². The summed E-state index contributed by atoms with van der Waals surface area (Å²) in [6, 6.07) is 25.7. The fraction of sp³-hybridized carbons (Fsp3) is 0.115. The number of ether oxygens (including phenoxy) is 2. The zero-order valence-electron chi connectivity index (χ0n) is 17.1. The molecule has 0 saturated heterocycles. The van der Waals surface area contributed by atoms with Gasteiger partial charge in [0, 0.05) is 41.7 Å². The molecule has 0 spiro atoms. The third-order valence-corrected chi connectivity index (χ3v) is 5.04. The van der Waals surface area contributed by atoms with E-state index in [4.69, 9.17) is 9.47 Å². The molecule has 0 atom stereocenters. The molecule has 1 aromatic heterocycles. The molecule has 0 aliphatic carbocycles. The van der Waals surface area contributed by atoms with Gasteiger partial charge in [-0.05, 0) is 35.9 Å². The minimum absolute atomic E-state index is 0.376. The summed E-state index contributed by atoms with van der Waals surface area (Å²) in [7, 11) is 2.00. The maximum Gasteiger partial charge on any atom is 0.308 e. The van der Waals surface area contributed by atoms with E-state index in [0.717, 1.165) is 33.3 Å². The van der Waals surface area contributed by atoms with Gasteiger partial charge >= 0.3 is 5.97 Å². The molecule has 1 heterocycles. The molecule has 3 aromatic carbocycles. The highest BCUT2D eigenvalue weighted by atomic mass is 16.5. The standard InChI is InChI=1S/C26H23NO3/c1-18(25-15-21-11-7-8-12-24(21)27(25)3)23-16-22(13-14-26(23)30-19(2)28)29-17-20-9-5-4-6-10-20/h4-16H,1,17H2,2-3H3. The van der Waals surface area contributed by atoms with E-state index in [1.165, 1.54) is 6.92 Å². The molecule has 0 fully saturated rings. The lowest BCUT2D eigenvalue weighted by molar-refractivity contribution is -0.131. The summed E-state index contributed by atoms with van der Waals surface area (Å²) in [5.41, 5.74) is 4.62. The van der Waals surface area contributed by atoms with Gasteiger partial charge in [0.05, 0.1) is 0 Å². The lowest BCUT2D eigenvalue weighted by Gasteiger charge is -2.15. The van der Waals surface area contributed by atoms with Crippen molar-refractivity contribution in [3.63, 3.8) is 0 Å². The Labute approximate surface area is 176 Å². The van der Waals surface area contributed by atoms with Gasteiger partial charge in [0.2, 0.25) is 0 Å². The number of para-hydroxylation sites is 1. The quantitative estimate of drug-likeness (QED) is 0.307. The van der Waals surface area contributed by atoms with Gasteiger partial charge in [0.15, 0.2) is 0 Å². The number of carbonyl (C=O) groups excluding carboxylic acids is 1. The van der Waals surface area contributed by atoms with Crippen LogP contribution in [0, 0.1) is 0 Å². The van der Waals surface area contributed by atoms with Crippen LogP contribution in [-0.2, 0) is 18.4 Å². The Kier molecular flexibility index (Phi) is 5.40. The van der Waals surface area contributed by atoms with Crippen molar-refractivity contribution < 1.29 is 14.3 Å². The third kappa shape index (κ3) is 3.98. The van der Waals surface area contributed by atoms with Gasteiger partial charge in [-0.1, -0.05) is 55.1 Å². The summed E-state index contributed by atoms with van der Waals surface area (Å²) in [6.07, 6.45) is 0. The van der Waals surface area contributed by atoms with Crippen LogP contribution in [-0.4, -0.2) is 10.5 Å². The molecular weight excluding hydrogens is 374 g/mol. The summed E-state index contributed by atoms with van der Waals surface area (Å²) in [4.78, 5) is 11.6. The summed E-state index contributed by atoms with van der Waals surface area (Å²) in [5, 5.41) is 1.13. The number of carbonyl (C=O) groups is 1. The Balaban J connectivity index is 1.70. The van der Waals surface area contributed by atoms with Gasteiger partial charge < -0.3 is 14.0 Å². The van der Waals surface area contributed by atoms with Crippen LogP contribution < -0.4 is 9.47 Å². The van der Waals surface area contributed by atoms with Crippen molar-refractivity contribution in [1.82, 2.24) is 4.57 Å². The molecule has 150 valence electrons. The van der Waals surface area contributed by atoms with Gasteiger partial charge in [-0.2, -0.15) is 0 Å². The van der Waals surface area contributed by atoms with Crippen molar-refractivity contribution in [2.75, 3.05) is 0 Å². The summed E-state index contributed by atoms with van der Waals surface area (Å²) in [5.74, 6) is 0.772. The second kappa shape index (κ2) is 8.29. The third-order valence-electron chi connectivity index (χ3n) is 5.04. The molecule has 30 heavy (non-hydrogen) atoms. The molecule has 4 rings (SSSR count). The molecule has 0 aliphatic heterocycles. The molecule has 0 bridgehead atoms. The molecule has 4 nitrogen and oxygen atoms in total. The number of aromatic nitrogens is 1. The number of hydrogen-bond acceptors (Lipinski definition) is 3. The summed E-state index contributed by atoms with van der Waals surface area (Å²) >= 11 is 0. The first-order valence-electron chi connectivity index (χ1n) is 9.76. The molecule has 0 saturated carbocycles. The minimum Gasteiger partial charge on any atom is -0.489 e. The maximum atomic E-state index is 11.6. The number of esters is 1. The minimum atomic E-state index is -0.376. The van der Waals surface area contributed by atoms with Crippen LogP contribution in [0.5, 0.6) is 11.5 Å². The van der Waals surface area contributed by atoms with E-state index < -0.39 is 0 Å². The topological polar surface area (TPSA) is 40.5 Å². The van der Waals surface area contributed by atoms with E-state index in [0.29, 0.717) is 18.1 Å². The highest BCUT2D eigenvalue weighted by molar-refractivity contribution is 5.90. The lowest BCUT2D eigenvalue weighted by atomic mass is 10.0. The van der Waals surface area contributed by atoms with E-state index in [2.05, 4.69) is 29.3 Å². The van der Waals surface area contributed by atoms with Crippen molar-refractivity contribution in [1.29, 1.82) is 0 Å². The molecule has 0 unspecified atom stereocenters. The Bertz CT molecular complexity index is 1220. The van der Waals surface area contributed by atoms with Crippen LogP contribution in [0.3, 0.4) is 0 Å². The first-order chi connectivity index (χ1) is 14.5. The van der Waals surface area contributed by atoms with Gasteiger partial charge in [-0.25, -0.2) is 0 Å². The highest BCUT2D eigenvalue weighted by Gasteiger charge is 2.16. The molecule has 4 aromatic rings. The monoisotopic (exact) mass is 397 g/mol. The molecule has 0 N–H and O–H groups in total. The number of hydrogen-bond donors (Lipinski definition) is 0. The fourth-order valence-electron chi connectivity index (χ4n) is 3.54. The van der Waals surface area contributed by atoms with Crippen molar-refractivity contribution in [2.24, 2.45) is 7.05 Å². The zero-order chi connectivity index (χ0) is 21.1. The van der Waals surface area contributed by atoms with Crippen molar-refractivity contribution in [2.45, 2.75) is 13.5 Å². The van der Waals surface area contributed by atoms with Crippen molar-refractivity contribution in [3.05, 3.63) is 102 Å². The second-order valence-electron chi connectivity index (χ2n) is 7.15. The summed E-state index contributed by atoms with van der Waals surface area (Å²) in [6.45, 7) is 6.16. The predicted molar refractivity (Wildman–Crippen MR) is 120 cm³/mol. The lowest BCUT2D eigenvalue weighted by Crippen LogP contribution is -2.05. The SMILES string of the molecule is C=C(c1cc(OCc2ccccc2)ccc1OC(C)=O)c1cc2ccccc2n1C. The van der Waals surface area contributed by atoms with E-state index >= 15 is 0 Å². The number of rotatable bonds is 6. The average molecular weight is 397 g/mol. The molecule has 0 amide bonds. The van der Waals surface area contributed by atoms with E-state index in [9.17, 15) is 4.79 Å². The molecule has 0 radical (unpaired) electrons. The normalized spacial score (nSPS) is 10.7. The molecule has 4 heteroatoms. The predicted octanol–water partition coefficient (Wildman–Crippen LogP) is 5.74. The molecular formula is C26H23NO3. The number of nitrogens with zero attached hydrogens (tertiary/aromatic N) is 1. The van der Waals surface area contributed by atoms with Crippen LogP contribution in [0.15, 0.2) is 85.4 Å². The number of fused-ring (bicyclic) bond motifs is 1. The Morgan fingerprint density at radius 2 is 1.70 bits per heavy atom. The second-order valence-corrected chi connectivity index (χ2v) is 7.15. The zero-order valence-corrected chi connectivity index (χ0v) is 17.1. The Hall–Kier alpha value is -3.79. The largest absolute Gasteiger partial charge is 0.489 e. The first-order valence-corrected chi connectivity index (χ1v) is 9.76. The van der Waals surface area contributed by atoms with Crippen LogP contribution in [0.25, 0.3) is 16.5 Å². The highest BCUT2D eigenvalue weighted by Crippen LogP contribution is 2.35.